The molecule has 5 nitrogen and oxygen atoms in total. The zero-order valence-electron chi connectivity index (χ0n) is 14.9. The van der Waals surface area contributed by atoms with Gasteiger partial charge in [0.2, 0.25) is 5.91 Å². The fourth-order valence-electron chi connectivity index (χ4n) is 3.10. The molecule has 7 heteroatoms. The Bertz CT molecular complexity index is 926. The van der Waals surface area contributed by atoms with Crippen LogP contribution < -0.4 is 9.62 Å². The van der Waals surface area contributed by atoms with Gasteiger partial charge in [-0.05, 0) is 54.5 Å². The molecule has 1 aliphatic heterocycles. The van der Waals surface area contributed by atoms with Gasteiger partial charge in [-0.1, -0.05) is 19.1 Å². The Kier molecular flexibility index (Phi) is 5.58. The third-order valence-electron chi connectivity index (χ3n) is 4.29. The van der Waals surface area contributed by atoms with Crippen molar-refractivity contribution in [3.8, 4) is 0 Å². The van der Waals surface area contributed by atoms with Crippen LogP contribution in [-0.2, 0) is 21.2 Å². The topological polar surface area (TPSA) is 66.5 Å². The lowest BCUT2D eigenvalue weighted by molar-refractivity contribution is -0.116. The number of rotatable bonds is 5. The predicted molar refractivity (Wildman–Crippen MR) is 106 cm³/mol. The van der Waals surface area contributed by atoms with E-state index < -0.39 is 10.0 Å². The minimum Gasteiger partial charge on any atom is -0.312 e. The maximum absolute atomic E-state index is 12.9. The Morgan fingerprint density at radius 1 is 1.23 bits per heavy atom. The number of sulfonamides is 1. The molecule has 0 aromatic heterocycles. The van der Waals surface area contributed by atoms with Crippen LogP contribution in [0.5, 0.6) is 0 Å². The van der Waals surface area contributed by atoms with Gasteiger partial charge >= 0.3 is 0 Å². The van der Waals surface area contributed by atoms with Crippen LogP contribution in [0.4, 0.5) is 11.4 Å². The van der Waals surface area contributed by atoms with Crippen molar-refractivity contribution in [2.75, 3.05) is 21.9 Å². The summed E-state index contributed by atoms with van der Waals surface area (Å²) in [6.07, 6.45) is 1.60. The van der Waals surface area contributed by atoms with Crippen LogP contribution in [0.3, 0.4) is 0 Å². The number of nitrogens with zero attached hydrogens (tertiary/aromatic N) is 1. The second kappa shape index (κ2) is 7.72. The summed E-state index contributed by atoms with van der Waals surface area (Å²) in [5.41, 5.74) is 2.29. The van der Waals surface area contributed by atoms with Gasteiger partial charge in [-0.25, -0.2) is 8.42 Å². The van der Waals surface area contributed by atoms with Gasteiger partial charge < -0.3 is 4.90 Å². The standard InChI is InChI=1S/C19H22N2O3S2/c1-3-25-19-9-5-4-8-17(19)20-26(23,24)16-10-11-18-15(13-16)7-6-12-21(18)14(2)22/h4-5,8-11,13,20H,3,6-7,12H2,1-2H3. The predicted octanol–water partition coefficient (Wildman–Crippen LogP) is 3.90. The number of aryl methyl sites for hydroxylation is 1. The van der Waals surface area contributed by atoms with Crippen molar-refractivity contribution in [3.05, 3.63) is 48.0 Å². The van der Waals surface area contributed by atoms with E-state index in [0.717, 1.165) is 34.7 Å². The Hall–Kier alpha value is -1.99. The number of benzene rings is 2. The molecule has 3 rings (SSSR count). The number of nitrogens with one attached hydrogen (secondary N) is 1. The number of anilines is 2. The number of amides is 1. The molecular weight excluding hydrogens is 368 g/mol. The fourth-order valence-corrected chi connectivity index (χ4v) is 5.06. The molecule has 1 heterocycles. The molecule has 0 radical (unpaired) electrons. The highest BCUT2D eigenvalue weighted by atomic mass is 32.2. The van der Waals surface area contributed by atoms with Crippen LogP contribution in [0, 0.1) is 0 Å². The maximum Gasteiger partial charge on any atom is 0.261 e. The summed E-state index contributed by atoms with van der Waals surface area (Å²) in [7, 11) is -3.69. The zero-order chi connectivity index (χ0) is 18.7. The van der Waals surface area contributed by atoms with E-state index in [0.29, 0.717) is 12.2 Å². The Morgan fingerprint density at radius 2 is 2.00 bits per heavy atom. The summed E-state index contributed by atoms with van der Waals surface area (Å²) in [6.45, 7) is 4.23. The van der Waals surface area contributed by atoms with Gasteiger partial charge in [0.1, 0.15) is 0 Å². The summed E-state index contributed by atoms with van der Waals surface area (Å²) >= 11 is 1.59. The normalized spacial score (nSPS) is 14.0. The SMILES string of the molecule is CCSc1ccccc1NS(=O)(=O)c1ccc2c(c1)CCCN2C(C)=O. The third kappa shape index (κ3) is 3.88. The average molecular weight is 391 g/mol. The van der Waals surface area contributed by atoms with Crippen LogP contribution in [0.25, 0.3) is 0 Å². The monoisotopic (exact) mass is 390 g/mol. The number of para-hydroxylation sites is 1. The molecule has 1 amide bonds. The second-order valence-electron chi connectivity index (χ2n) is 6.10. The first-order valence-corrected chi connectivity index (χ1v) is 11.0. The van der Waals surface area contributed by atoms with Gasteiger partial charge in [0, 0.05) is 24.1 Å². The number of hydrogen-bond donors (Lipinski definition) is 1. The van der Waals surface area contributed by atoms with E-state index >= 15 is 0 Å². The first-order valence-electron chi connectivity index (χ1n) is 8.58. The van der Waals surface area contributed by atoms with E-state index in [1.807, 2.05) is 25.1 Å². The summed E-state index contributed by atoms with van der Waals surface area (Å²) in [5, 5.41) is 0. The molecule has 2 aromatic carbocycles. The Balaban J connectivity index is 1.92. The molecule has 0 aliphatic carbocycles. The molecule has 0 atom stereocenters. The summed E-state index contributed by atoms with van der Waals surface area (Å²) in [5.74, 6) is 0.837. The molecule has 26 heavy (non-hydrogen) atoms. The molecule has 0 saturated heterocycles. The van der Waals surface area contributed by atoms with Crippen molar-refractivity contribution in [2.45, 2.75) is 36.5 Å². The van der Waals surface area contributed by atoms with Gasteiger partial charge in [0.25, 0.3) is 10.0 Å². The van der Waals surface area contributed by atoms with E-state index in [4.69, 9.17) is 0 Å². The van der Waals surface area contributed by atoms with Crippen molar-refractivity contribution in [3.63, 3.8) is 0 Å². The van der Waals surface area contributed by atoms with E-state index in [1.54, 1.807) is 40.9 Å². The molecule has 0 fully saturated rings. The highest BCUT2D eigenvalue weighted by Gasteiger charge is 2.23. The van der Waals surface area contributed by atoms with Gasteiger partial charge in [0.15, 0.2) is 0 Å². The highest BCUT2D eigenvalue weighted by Crippen LogP contribution is 2.32. The summed E-state index contributed by atoms with van der Waals surface area (Å²) in [6, 6.07) is 12.4. The van der Waals surface area contributed by atoms with E-state index in [-0.39, 0.29) is 10.8 Å². The number of thioether (sulfide) groups is 1. The summed E-state index contributed by atoms with van der Waals surface area (Å²) < 4.78 is 28.4. The largest absolute Gasteiger partial charge is 0.312 e. The lowest BCUT2D eigenvalue weighted by Gasteiger charge is -2.28. The van der Waals surface area contributed by atoms with Crippen LogP contribution in [0.15, 0.2) is 52.3 Å². The molecule has 1 N–H and O–H groups in total. The smallest absolute Gasteiger partial charge is 0.261 e. The zero-order valence-corrected chi connectivity index (χ0v) is 16.5. The minimum atomic E-state index is -3.69. The fraction of sp³-hybridized carbons (Fsp3) is 0.316. The molecule has 1 aliphatic rings. The molecule has 2 aromatic rings. The quantitative estimate of drug-likeness (QED) is 0.787. The minimum absolute atomic E-state index is 0.0230. The molecule has 0 unspecified atom stereocenters. The number of fused-ring (bicyclic) bond motifs is 1. The lowest BCUT2D eigenvalue weighted by atomic mass is 10.0. The van der Waals surface area contributed by atoms with Crippen LogP contribution in [0.1, 0.15) is 25.8 Å². The molecule has 0 saturated carbocycles. The second-order valence-corrected chi connectivity index (χ2v) is 9.09. The first kappa shape index (κ1) is 18.8. The van der Waals surface area contributed by atoms with Crippen molar-refractivity contribution in [1.29, 1.82) is 0 Å². The van der Waals surface area contributed by atoms with Gasteiger partial charge in [0.05, 0.1) is 10.6 Å². The first-order chi connectivity index (χ1) is 12.4. The van der Waals surface area contributed by atoms with Gasteiger partial charge in [-0.15, -0.1) is 11.8 Å². The number of carbonyl (C=O) groups is 1. The van der Waals surface area contributed by atoms with Crippen LogP contribution >= 0.6 is 11.8 Å². The van der Waals surface area contributed by atoms with E-state index in [9.17, 15) is 13.2 Å². The average Bonchev–Trinajstić information content (AvgIpc) is 2.62. The highest BCUT2D eigenvalue weighted by molar-refractivity contribution is 7.99. The van der Waals surface area contributed by atoms with Crippen molar-refractivity contribution >= 4 is 39.1 Å². The lowest BCUT2D eigenvalue weighted by Crippen LogP contribution is -2.33. The van der Waals surface area contributed by atoms with Gasteiger partial charge in [-0.2, -0.15) is 0 Å². The van der Waals surface area contributed by atoms with Crippen molar-refractivity contribution < 1.29 is 13.2 Å². The van der Waals surface area contributed by atoms with Crippen molar-refractivity contribution in [2.24, 2.45) is 0 Å². The Labute approximate surface area is 158 Å². The molecule has 138 valence electrons. The van der Waals surface area contributed by atoms with Crippen LogP contribution in [-0.4, -0.2) is 26.6 Å². The molecular formula is C19H22N2O3S2. The van der Waals surface area contributed by atoms with Gasteiger partial charge in [-0.3, -0.25) is 9.52 Å². The molecule has 0 bridgehead atoms. The Morgan fingerprint density at radius 3 is 2.73 bits per heavy atom. The maximum atomic E-state index is 12.9. The third-order valence-corrected chi connectivity index (χ3v) is 6.61. The summed E-state index contributed by atoms with van der Waals surface area (Å²) in [4.78, 5) is 14.6. The number of carbonyl (C=O) groups excluding carboxylic acids is 1. The van der Waals surface area contributed by atoms with E-state index in [1.165, 1.54) is 6.92 Å². The van der Waals surface area contributed by atoms with Crippen molar-refractivity contribution in [1.82, 2.24) is 0 Å². The van der Waals surface area contributed by atoms with E-state index in [2.05, 4.69) is 4.72 Å². The van der Waals surface area contributed by atoms with Crippen LogP contribution in [0.2, 0.25) is 0 Å². The number of hydrogen-bond acceptors (Lipinski definition) is 4. The molecule has 0 spiro atoms.